The van der Waals surface area contributed by atoms with Crippen LogP contribution in [0.4, 0.5) is 24.5 Å². The summed E-state index contributed by atoms with van der Waals surface area (Å²) in [6, 6.07) is 3.92. The maximum absolute atomic E-state index is 12.4. The molecule has 7 nitrogen and oxygen atoms in total. The van der Waals surface area contributed by atoms with Crippen molar-refractivity contribution in [3.05, 3.63) is 52.3 Å². The van der Waals surface area contributed by atoms with E-state index < -0.39 is 22.6 Å². The molecule has 0 fully saturated rings. The summed E-state index contributed by atoms with van der Waals surface area (Å²) in [4.78, 5) is 21.5. The van der Waals surface area contributed by atoms with Gasteiger partial charge in [0.2, 0.25) is 5.91 Å². The smallest absolute Gasteiger partial charge is 0.324 e. The summed E-state index contributed by atoms with van der Waals surface area (Å²) >= 11 is 0. The Morgan fingerprint density at radius 1 is 1.32 bits per heavy atom. The van der Waals surface area contributed by atoms with E-state index in [0.29, 0.717) is 0 Å². The van der Waals surface area contributed by atoms with Gasteiger partial charge in [0, 0.05) is 5.69 Å². The minimum absolute atomic E-state index is 0.180. The Balaban J connectivity index is 1.98. The Labute approximate surface area is 121 Å². The van der Waals surface area contributed by atoms with E-state index in [0.717, 1.165) is 41.3 Å². The number of nitrogens with one attached hydrogen (secondary N) is 1. The number of hydrogen-bond donors (Lipinski definition) is 1. The predicted molar refractivity (Wildman–Crippen MR) is 69.0 cm³/mol. The average molecular weight is 314 g/mol. The molecule has 1 N–H and O–H groups in total. The van der Waals surface area contributed by atoms with Crippen molar-refractivity contribution >= 4 is 17.3 Å². The molecule has 22 heavy (non-hydrogen) atoms. The van der Waals surface area contributed by atoms with Gasteiger partial charge in [0.25, 0.3) is 0 Å². The van der Waals surface area contributed by atoms with E-state index >= 15 is 0 Å². The maximum Gasteiger partial charge on any atom is 0.416 e. The molecule has 0 bridgehead atoms. The van der Waals surface area contributed by atoms with E-state index in [1.807, 2.05) is 0 Å². The highest BCUT2D eigenvalue weighted by molar-refractivity contribution is 5.90. The third-order valence-electron chi connectivity index (χ3n) is 2.63. The van der Waals surface area contributed by atoms with Crippen molar-refractivity contribution in [2.75, 3.05) is 5.32 Å². The number of carbonyl (C=O) groups is 1. The number of amides is 1. The number of hydrogen-bond acceptors (Lipinski definition) is 4. The van der Waals surface area contributed by atoms with Gasteiger partial charge in [0.05, 0.1) is 10.5 Å². The zero-order chi connectivity index (χ0) is 16.3. The minimum atomic E-state index is -4.45. The van der Waals surface area contributed by atoms with Crippen molar-refractivity contribution in [1.82, 2.24) is 9.78 Å². The molecule has 0 unspecified atom stereocenters. The predicted octanol–water partition coefficient (Wildman–Crippen LogP) is 2.45. The number of rotatable bonds is 4. The van der Waals surface area contributed by atoms with Crippen molar-refractivity contribution in [3.8, 4) is 0 Å². The van der Waals surface area contributed by atoms with Crippen LogP contribution in [-0.4, -0.2) is 20.6 Å². The maximum atomic E-state index is 12.4. The summed E-state index contributed by atoms with van der Waals surface area (Å²) in [6.45, 7) is -0.297. The highest BCUT2D eigenvalue weighted by Crippen LogP contribution is 2.29. The second-order valence-electron chi connectivity index (χ2n) is 4.28. The van der Waals surface area contributed by atoms with Crippen molar-refractivity contribution in [2.24, 2.45) is 0 Å². The molecular weight excluding hydrogens is 305 g/mol. The summed E-state index contributed by atoms with van der Waals surface area (Å²) < 4.78 is 38.2. The number of halogens is 3. The number of carbonyl (C=O) groups excluding carboxylic acids is 1. The number of benzene rings is 1. The Bertz CT molecular complexity index is 694. The van der Waals surface area contributed by atoms with Crippen LogP contribution in [0.2, 0.25) is 0 Å². The van der Waals surface area contributed by atoms with E-state index in [-0.39, 0.29) is 17.9 Å². The first kappa shape index (κ1) is 15.5. The van der Waals surface area contributed by atoms with Gasteiger partial charge in [-0.1, -0.05) is 0 Å². The summed E-state index contributed by atoms with van der Waals surface area (Å²) in [7, 11) is 0. The molecule has 0 aliphatic rings. The highest BCUT2D eigenvalue weighted by atomic mass is 19.4. The highest BCUT2D eigenvalue weighted by Gasteiger charge is 2.29. The lowest BCUT2D eigenvalue weighted by atomic mass is 10.2. The molecule has 1 amide bonds. The molecule has 116 valence electrons. The zero-order valence-electron chi connectivity index (χ0n) is 10.9. The lowest BCUT2D eigenvalue weighted by Gasteiger charge is -2.08. The third-order valence-corrected chi connectivity index (χ3v) is 2.63. The van der Waals surface area contributed by atoms with Gasteiger partial charge < -0.3 is 5.32 Å². The second-order valence-corrected chi connectivity index (χ2v) is 4.28. The standard InChI is InChI=1S/C12H9F3N4O3/c13-12(14,15)8-1-3-9(4-2-8)17-11(20)7-18-6-10(5-16-18)19(21)22/h1-6H,7H2,(H,17,20). The Hall–Kier alpha value is -2.91. The van der Waals surface area contributed by atoms with Crippen LogP contribution in [0.25, 0.3) is 0 Å². The van der Waals surface area contributed by atoms with Crippen molar-refractivity contribution < 1.29 is 22.9 Å². The molecule has 0 aliphatic carbocycles. The van der Waals surface area contributed by atoms with Crippen LogP contribution in [0, 0.1) is 10.1 Å². The van der Waals surface area contributed by atoms with Crippen molar-refractivity contribution in [3.63, 3.8) is 0 Å². The van der Waals surface area contributed by atoms with E-state index in [2.05, 4.69) is 10.4 Å². The number of nitro groups is 1. The molecule has 0 aliphatic heterocycles. The topological polar surface area (TPSA) is 90.1 Å². The van der Waals surface area contributed by atoms with Gasteiger partial charge in [-0.3, -0.25) is 19.6 Å². The summed E-state index contributed by atoms with van der Waals surface area (Å²) in [5.41, 5.74) is -0.907. The van der Waals surface area contributed by atoms with Crippen molar-refractivity contribution in [1.29, 1.82) is 0 Å². The van der Waals surface area contributed by atoms with Gasteiger partial charge in [-0.25, -0.2) is 0 Å². The summed E-state index contributed by atoms with van der Waals surface area (Å²) in [5.74, 6) is -0.572. The molecule has 0 saturated carbocycles. The summed E-state index contributed by atoms with van der Waals surface area (Å²) in [5, 5.41) is 16.5. The fourth-order valence-corrected chi connectivity index (χ4v) is 1.62. The first-order valence-electron chi connectivity index (χ1n) is 5.89. The monoisotopic (exact) mass is 314 g/mol. The van der Waals surface area contributed by atoms with Crippen LogP contribution in [0.5, 0.6) is 0 Å². The van der Waals surface area contributed by atoms with Crippen molar-refractivity contribution in [2.45, 2.75) is 12.7 Å². The van der Waals surface area contributed by atoms with Gasteiger partial charge in [-0.2, -0.15) is 18.3 Å². The molecule has 2 aromatic rings. The van der Waals surface area contributed by atoms with E-state index in [4.69, 9.17) is 0 Å². The Kier molecular flexibility index (Phi) is 4.11. The van der Waals surface area contributed by atoms with E-state index in [9.17, 15) is 28.1 Å². The van der Waals surface area contributed by atoms with Crippen LogP contribution in [0.1, 0.15) is 5.56 Å². The molecular formula is C12H9F3N4O3. The zero-order valence-corrected chi connectivity index (χ0v) is 10.9. The second kappa shape index (κ2) is 5.84. The molecule has 1 aromatic heterocycles. The Morgan fingerprint density at radius 3 is 2.45 bits per heavy atom. The molecule has 0 saturated heterocycles. The van der Waals surface area contributed by atoms with Gasteiger partial charge >= 0.3 is 11.9 Å². The minimum Gasteiger partial charge on any atom is -0.324 e. The number of alkyl halides is 3. The first-order chi connectivity index (χ1) is 10.3. The molecule has 2 rings (SSSR count). The van der Waals surface area contributed by atoms with E-state index in [1.54, 1.807) is 0 Å². The summed E-state index contributed by atoms with van der Waals surface area (Å²) in [6.07, 6.45) is -2.38. The Morgan fingerprint density at radius 2 is 1.95 bits per heavy atom. The number of aromatic nitrogens is 2. The lowest BCUT2D eigenvalue weighted by Crippen LogP contribution is -2.19. The number of anilines is 1. The largest absolute Gasteiger partial charge is 0.416 e. The normalized spacial score (nSPS) is 11.2. The first-order valence-corrected chi connectivity index (χ1v) is 5.89. The van der Waals surface area contributed by atoms with Gasteiger partial charge in [-0.05, 0) is 24.3 Å². The molecule has 0 spiro atoms. The molecule has 0 atom stereocenters. The number of nitrogens with zero attached hydrogens (tertiary/aromatic N) is 3. The van der Waals surface area contributed by atoms with Crippen LogP contribution >= 0.6 is 0 Å². The molecule has 10 heteroatoms. The molecule has 1 aromatic carbocycles. The fraction of sp³-hybridized carbons (Fsp3) is 0.167. The fourth-order valence-electron chi connectivity index (χ4n) is 1.62. The van der Waals surface area contributed by atoms with E-state index in [1.165, 1.54) is 0 Å². The van der Waals surface area contributed by atoms with Crippen LogP contribution < -0.4 is 5.32 Å². The van der Waals surface area contributed by atoms with Gasteiger partial charge in [-0.15, -0.1) is 0 Å². The third kappa shape index (κ3) is 3.81. The SMILES string of the molecule is O=C(Cn1cc([N+](=O)[O-])cn1)Nc1ccc(C(F)(F)F)cc1. The van der Waals surface area contributed by atoms with Crippen LogP contribution in [-0.2, 0) is 17.5 Å². The van der Waals surface area contributed by atoms with Crippen LogP contribution in [0.3, 0.4) is 0 Å². The molecule has 1 heterocycles. The molecule has 0 radical (unpaired) electrons. The average Bonchev–Trinajstić information content (AvgIpc) is 2.86. The lowest BCUT2D eigenvalue weighted by molar-refractivity contribution is -0.385. The quantitative estimate of drug-likeness (QED) is 0.693. The van der Waals surface area contributed by atoms with Gasteiger partial charge in [0.1, 0.15) is 18.9 Å². The van der Waals surface area contributed by atoms with Gasteiger partial charge in [0.15, 0.2) is 0 Å². The van der Waals surface area contributed by atoms with Crippen LogP contribution in [0.15, 0.2) is 36.7 Å².